The summed E-state index contributed by atoms with van der Waals surface area (Å²) in [6.07, 6.45) is 6.68. The zero-order chi connectivity index (χ0) is 30.0. The molecule has 0 saturated heterocycles. The number of aryl methyl sites for hydroxylation is 2. The van der Waals surface area contributed by atoms with Gasteiger partial charge in [0, 0.05) is 5.56 Å². The average molecular weight is 584 g/mol. The lowest BCUT2D eigenvalue weighted by atomic mass is 9.73. The minimum Gasteiger partial charge on any atom is -0.207 e. The highest BCUT2D eigenvalue weighted by molar-refractivity contribution is 5.41. The van der Waals surface area contributed by atoms with Gasteiger partial charge in [0.15, 0.2) is 11.6 Å². The van der Waals surface area contributed by atoms with Crippen LogP contribution in [0.5, 0.6) is 0 Å². The molecular formula is C35H35F6N. The molecule has 0 spiro atoms. The molecule has 1 unspecified atom stereocenters. The molecule has 2 aliphatic rings. The smallest absolute Gasteiger partial charge is 0.165 e. The second-order valence-corrected chi connectivity index (χ2v) is 12.0. The maximum Gasteiger partial charge on any atom is 0.165 e. The third kappa shape index (κ3) is 6.09. The van der Waals surface area contributed by atoms with Crippen molar-refractivity contribution in [1.82, 2.24) is 0 Å². The highest BCUT2D eigenvalue weighted by Crippen LogP contribution is 2.45. The van der Waals surface area contributed by atoms with Crippen LogP contribution in [0.25, 0.3) is 0 Å². The number of fused-ring (bicyclic) bond motifs is 1. The molecule has 7 heteroatoms. The summed E-state index contributed by atoms with van der Waals surface area (Å²) in [4.78, 5) is 0. The van der Waals surface area contributed by atoms with Crippen molar-refractivity contribution in [1.29, 1.82) is 5.26 Å². The molecule has 2 aliphatic carbocycles. The first kappa shape index (κ1) is 30.2. The summed E-state index contributed by atoms with van der Waals surface area (Å²) < 4.78 is 89.5. The van der Waals surface area contributed by atoms with Crippen LogP contribution in [0, 0.1) is 52.2 Å². The molecule has 5 rings (SSSR count). The van der Waals surface area contributed by atoms with Crippen LogP contribution >= 0.6 is 0 Å². The van der Waals surface area contributed by atoms with Crippen LogP contribution in [0.4, 0.5) is 26.3 Å². The summed E-state index contributed by atoms with van der Waals surface area (Å²) in [5.74, 6) is -5.64. The first-order valence-corrected chi connectivity index (χ1v) is 15.1. The van der Waals surface area contributed by atoms with Crippen LogP contribution in [-0.2, 0) is 25.7 Å². The fourth-order valence-electron chi connectivity index (χ4n) is 6.93. The Morgan fingerprint density at radius 3 is 2.10 bits per heavy atom. The largest absolute Gasteiger partial charge is 0.207 e. The molecule has 0 heterocycles. The Bertz CT molecular complexity index is 1480. The predicted molar refractivity (Wildman–Crippen MR) is 150 cm³/mol. The maximum absolute atomic E-state index is 15.8. The van der Waals surface area contributed by atoms with Crippen molar-refractivity contribution in [3.8, 4) is 6.07 Å². The third-order valence-electron chi connectivity index (χ3n) is 9.40. The number of hydrogen-bond acceptors (Lipinski definition) is 1. The van der Waals surface area contributed by atoms with Gasteiger partial charge in [0.25, 0.3) is 0 Å². The molecule has 1 nitrogen and oxygen atoms in total. The molecule has 1 saturated carbocycles. The number of halogens is 6. The van der Waals surface area contributed by atoms with Gasteiger partial charge in [0.1, 0.15) is 34.9 Å². The number of nitrogens with zero attached hydrogens (tertiary/aromatic N) is 1. The van der Waals surface area contributed by atoms with Crippen LogP contribution in [0.3, 0.4) is 0 Å². The highest BCUT2D eigenvalue weighted by atomic mass is 19.2. The highest BCUT2D eigenvalue weighted by Gasteiger charge is 2.35. The van der Waals surface area contributed by atoms with Crippen LogP contribution < -0.4 is 0 Å². The van der Waals surface area contributed by atoms with Crippen LogP contribution in [0.1, 0.15) is 109 Å². The SMILES string of the molecule is CCCCc1ccc(CCC2CCc3c(F)c(C4CCC(c5cc(F)c(C#N)c(F)c5)CC4)c(F)c(F)c3C2)c(F)c1. The molecule has 0 amide bonds. The molecule has 1 fully saturated rings. The minimum atomic E-state index is -1.14. The molecule has 3 aromatic rings. The lowest BCUT2D eigenvalue weighted by molar-refractivity contribution is 0.353. The second-order valence-electron chi connectivity index (χ2n) is 12.0. The topological polar surface area (TPSA) is 23.8 Å². The predicted octanol–water partition coefficient (Wildman–Crippen LogP) is 9.91. The molecule has 1 atom stereocenters. The van der Waals surface area contributed by atoms with E-state index in [0.29, 0.717) is 62.5 Å². The second kappa shape index (κ2) is 12.9. The zero-order valence-electron chi connectivity index (χ0n) is 23.8. The molecule has 42 heavy (non-hydrogen) atoms. The first-order chi connectivity index (χ1) is 20.2. The fraction of sp³-hybridized carbons (Fsp3) is 0.457. The van der Waals surface area contributed by atoms with E-state index in [1.165, 1.54) is 6.07 Å². The van der Waals surface area contributed by atoms with Gasteiger partial charge in [0.2, 0.25) is 0 Å². The van der Waals surface area contributed by atoms with Crippen molar-refractivity contribution in [2.75, 3.05) is 0 Å². The minimum absolute atomic E-state index is 0.000491. The summed E-state index contributed by atoms with van der Waals surface area (Å²) in [7, 11) is 0. The lowest BCUT2D eigenvalue weighted by Crippen LogP contribution is -2.23. The van der Waals surface area contributed by atoms with Crippen LogP contribution in [0.15, 0.2) is 30.3 Å². The van der Waals surface area contributed by atoms with E-state index in [4.69, 9.17) is 5.26 Å². The summed E-state index contributed by atoms with van der Waals surface area (Å²) in [5.41, 5.74) is 1.48. The first-order valence-electron chi connectivity index (χ1n) is 15.1. The van der Waals surface area contributed by atoms with E-state index in [1.807, 2.05) is 12.1 Å². The lowest BCUT2D eigenvalue weighted by Gasteiger charge is -2.32. The van der Waals surface area contributed by atoms with Crippen molar-refractivity contribution in [3.05, 3.63) is 104 Å². The van der Waals surface area contributed by atoms with Crippen molar-refractivity contribution < 1.29 is 26.3 Å². The van der Waals surface area contributed by atoms with E-state index in [2.05, 4.69) is 6.92 Å². The van der Waals surface area contributed by atoms with E-state index in [9.17, 15) is 13.2 Å². The van der Waals surface area contributed by atoms with Crippen LogP contribution in [-0.4, -0.2) is 0 Å². The fourth-order valence-corrected chi connectivity index (χ4v) is 6.93. The normalized spacial score (nSPS) is 20.3. The standard InChI is InChI=1S/C35H35F6N/c1-2-3-4-20-5-8-23(29(36)16-20)9-6-21-7-14-26-27(15-21)34(40)35(41)32(33(26)39)24-12-10-22(11-13-24)25-17-30(37)28(19-42)31(38)18-25/h5,8,16-18,21-22,24H,2-4,6-7,9-15H2,1H3. The summed E-state index contributed by atoms with van der Waals surface area (Å²) >= 11 is 0. The molecule has 0 radical (unpaired) electrons. The van der Waals surface area contributed by atoms with Gasteiger partial charge in [-0.1, -0.05) is 25.5 Å². The quantitative estimate of drug-likeness (QED) is 0.191. The zero-order valence-corrected chi connectivity index (χ0v) is 23.8. The van der Waals surface area contributed by atoms with E-state index in [-0.39, 0.29) is 40.8 Å². The molecule has 3 aromatic carbocycles. The summed E-state index contributed by atoms with van der Waals surface area (Å²) in [5, 5.41) is 8.90. The van der Waals surface area contributed by atoms with E-state index in [0.717, 1.165) is 37.0 Å². The summed E-state index contributed by atoms with van der Waals surface area (Å²) in [6, 6.07) is 9.16. The Balaban J connectivity index is 1.26. The number of nitriles is 1. The Labute approximate surface area is 243 Å². The molecule has 222 valence electrons. The van der Waals surface area contributed by atoms with Crippen molar-refractivity contribution in [2.45, 2.75) is 95.8 Å². The number of unbranched alkanes of at least 4 members (excludes halogenated alkanes) is 1. The van der Waals surface area contributed by atoms with Gasteiger partial charge in [-0.3, -0.25) is 0 Å². The van der Waals surface area contributed by atoms with Gasteiger partial charge in [0.05, 0.1) is 0 Å². The van der Waals surface area contributed by atoms with Gasteiger partial charge in [-0.15, -0.1) is 0 Å². The number of benzene rings is 3. The van der Waals surface area contributed by atoms with Crippen molar-refractivity contribution in [2.24, 2.45) is 5.92 Å². The van der Waals surface area contributed by atoms with Gasteiger partial charge in [-0.05, 0) is 134 Å². The van der Waals surface area contributed by atoms with Gasteiger partial charge < -0.3 is 0 Å². The van der Waals surface area contributed by atoms with Crippen molar-refractivity contribution >= 4 is 0 Å². The van der Waals surface area contributed by atoms with E-state index in [1.54, 1.807) is 6.07 Å². The molecule has 0 N–H and O–H groups in total. The Kier molecular flexibility index (Phi) is 9.30. The van der Waals surface area contributed by atoms with Gasteiger partial charge >= 0.3 is 0 Å². The summed E-state index contributed by atoms with van der Waals surface area (Å²) in [6.45, 7) is 2.09. The van der Waals surface area contributed by atoms with Crippen molar-refractivity contribution in [3.63, 3.8) is 0 Å². The maximum atomic E-state index is 15.8. The van der Waals surface area contributed by atoms with E-state index >= 15 is 13.2 Å². The Morgan fingerprint density at radius 1 is 0.762 bits per heavy atom. The molecular weight excluding hydrogens is 548 g/mol. The van der Waals surface area contributed by atoms with Crippen LogP contribution in [0.2, 0.25) is 0 Å². The number of hydrogen-bond donors (Lipinski definition) is 0. The van der Waals surface area contributed by atoms with E-state index < -0.39 is 40.6 Å². The molecule has 0 bridgehead atoms. The Morgan fingerprint density at radius 2 is 1.45 bits per heavy atom. The monoisotopic (exact) mass is 583 g/mol. The van der Waals surface area contributed by atoms with Gasteiger partial charge in [-0.25, -0.2) is 26.3 Å². The average Bonchev–Trinajstić information content (AvgIpc) is 2.98. The number of rotatable bonds is 8. The van der Waals surface area contributed by atoms with Gasteiger partial charge in [-0.2, -0.15) is 5.26 Å². The molecule has 0 aliphatic heterocycles. The molecule has 0 aromatic heterocycles. The Hall–Kier alpha value is -3.27. The third-order valence-corrected chi connectivity index (χ3v) is 9.40.